The number of carbonyl (C=O) groups is 2. The summed E-state index contributed by atoms with van der Waals surface area (Å²) in [5, 5.41) is 5.50. The van der Waals surface area contributed by atoms with Gasteiger partial charge < -0.3 is 10.6 Å². The van der Waals surface area contributed by atoms with Gasteiger partial charge in [-0.15, -0.1) is 0 Å². The van der Waals surface area contributed by atoms with Gasteiger partial charge in [-0.05, 0) is 23.3 Å². The maximum Gasteiger partial charge on any atom is 0.253 e. The molecule has 2 amide bonds. The Bertz CT molecular complexity index is 1170. The van der Waals surface area contributed by atoms with Crippen molar-refractivity contribution in [3.8, 4) is 0 Å². The van der Waals surface area contributed by atoms with Gasteiger partial charge in [0.05, 0.1) is 24.1 Å². The van der Waals surface area contributed by atoms with E-state index in [1.165, 1.54) is 0 Å². The van der Waals surface area contributed by atoms with Crippen molar-refractivity contribution in [3.63, 3.8) is 0 Å². The summed E-state index contributed by atoms with van der Waals surface area (Å²) in [5.41, 5.74) is 2.33. The molecule has 0 bridgehead atoms. The molecule has 0 radical (unpaired) electrons. The number of carbonyl (C=O) groups excluding carboxylic acids is 2. The molecule has 32 heavy (non-hydrogen) atoms. The lowest BCUT2D eigenvalue weighted by Gasteiger charge is -2.20. The molecule has 166 valence electrons. The first-order valence-corrected chi connectivity index (χ1v) is 11.9. The Morgan fingerprint density at radius 1 is 0.812 bits per heavy atom. The van der Waals surface area contributed by atoms with Crippen LogP contribution in [0.1, 0.15) is 21.5 Å². The molecule has 0 fully saturated rings. The largest absolute Gasteiger partial charge is 0.348 e. The van der Waals surface area contributed by atoms with Crippen LogP contribution in [0.2, 0.25) is 0 Å². The molecular weight excluding hydrogens is 426 g/mol. The highest BCUT2D eigenvalue weighted by Gasteiger charge is 2.21. The number of para-hydroxylation sites is 1. The van der Waals surface area contributed by atoms with Gasteiger partial charge in [0.25, 0.3) is 5.91 Å². The van der Waals surface area contributed by atoms with Crippen molar-refractivity contribution in [2.45, 2.75) is 13.1 Å². The minimum absolute atomic E-state index is 0.0757. The Balaban J connectivity index is 1.68. The van der Waals surface area contributed by atoms with E-state index in [0.29, 0.717) is 17.8 Å². The van der Waals surface area contributed by atoms with Crippen LogP contribution in [0.5, 0.6) is 0 Å². The van der Waals surface area contributed by atoms with E-state index >= 15 is 0 Å². The van der Waals surface area contributed by atoms with E-state index in [0.717, 1.165) is 21.7 Å². The van der Waals surface area contributed by atoms with Gasteiger partial charge in [-0.2, -0.15) is 4.31 Å². The summed E-state index contributed by atoms with van der Waals surface area (Å²) in [7, 11) is -3.62. The Kier molecular flexibility index (Phi) is 7.75. The predicted octanol–water partition coefficient (Wildman–Crippen LogP) is 3.02. The fourth-order valence-electron chi connectivity index (χ4n) is 3.09. The van der Waals surface area contributed by atoms with Gasteiger partial charge in [-0.25, -0.2) is 8.42 Å². The molecule has 3 rings (SSSR count). The minimum Gasteiger partial charge on any atom is -0.348 e. The number of nitrogens with one attached hydrogen (secondary N) is 2. The van der Waals surface area contributed by atoms with Crippen molar-refractivity contribution in [2.24, 2.45) is 0 Å². The monoisotopic (exact) mass is 451 g/mol. The van der Waals surface area contributed by atoms with E-state index in [4.69, 9.17) is 0 Å². The molecule has 0 spiro atoms. The lowest BCUT2D eigenvalue weighted by Crippen LogP contribution is -2.37. The summed E-state index contributed by atoms with van der Waals surface area (Å²) in [6.45, 7) is 0.0564. The van der Waals surface area contributed by atoms with Gasteiger partial charge in [-0.1, -0.05) is 72.8 Å². The number of hydrogen-bond acceptors (Lipinski definition) is 4. The van der Waals surface area contributed by atoms with E-state index in [1.807, 2.05) is 36.4 Å². The smallest absolute Gasteiger partial charge is 0.253 e. The van der Waals surface area contributed by atoms with Gasteiger partial charge in [0.1, 0.15) is 0 Å². The fourth-order valence-corrected chi connectivity index (χ4v) is 3.83. The number of nitrogens with zero attached hydrogens (tertiary/aromatic N) is 1. The topological polar surface area (TPSA) is 95.6 Å². The molecule has 0 atom stereocenters. The Labute approximate surface area is 188 Å². The third-order valence-corrected chi connectivity index (χ3v) is 5.93. The molecule has 7 nitrogen and oxygen atoms in total. The SMILES string of the molecule is CS(=O)(=O)N(CC(=O)Nc1ccccc1C(=O)NCc1ccccc1)Cc1ccccc1. The van der Waals surface area contributed by atoms with Crippen LogP contribution in [0.25, 0.3) is 0 Å². The molecule has 3 aromatic rings. The summed E-state index contributed by atoms with van der Waals surface area (Å²) in [4.78, 5) is 25.3. The molecular formula is C24H25N3O4S. The lowest BCUT2D eigenvalue weighted by atomic mass is 10.1. The zero-order chi connectivity index (χ0) is 23.0. The van der Waals surface area contributed by atoms with Crippen LogP contribution in [0.4, 0.5) is 5.69 Å². The molecule has 0 aliphatic rings. The Hall–Kier alpha value is -3.49. The summed E-state index contributed by atoms with van der Waals surface area (Å²) in [5.74, 6) is -0.872. The van der Waals surface area contributed by atoms with Crippen LogP contribution in [0, 0.1) is 0 Å². The van der Waals surface area contributed by atoms with Crippen LogP contribution >= 0.6 is 0 Å². The number of hydrogen-bond donors (Lipinski definition) is 2. The molecule has 3 aromatic carbocycles. The van der Waals surface area contributed by atoms with E-state index in [9.17, 15) is 18.0 Å². The van der Waals surface area contributed by atoms with Crippen LogP contribution in [-0.2, 0) is 27.9 Å². The van der Waals surface area contributed by atoms with Crippen molar-refractivity contribution in [1.29, 1.82) is 0 Å². The van der Waals surface area contributed by atoms with E-state index in [-0.39, 0.29) is 19.0 Å². The number of benzene rings is 3. The van der Waals surface area contributed by atoms with E-state index < -0.39 is 15.9 Å². The van der Waals surface area contributed by atoms with Gasteiger partial charge >= 0.3 is 0 Å². The normalized spacial score (nSPS) is 11.2. The molecule has 8 heteroatoms. The molecule has 0 saturated carbocycles. The highest BCUT2D eigenvalue weighted by atomic mass is 32.2. The Morgan fingerprint density at radius 3 is 2.00 bits per heavy atom. The second-order valence-electron chi connectivity index (χ2n) is 7.28. The second-order valence-corrected chi connectivity index (χ2v) is 9.26. The summed E-state index contributed by atoms with van der Waals surface area (Å²) >= 11 is 0. The summed E-state index contributed by atoms with van der Waals surface area (Å²) < 4.78 is 25.5. The van der Waals surface area contributed by atoms with Crippen LogP contribution in [-0.4, -0.2) is 37.3 Å². The maximum atomic E-state index is 12.7. The Morgan fingerprint density at radius 2 is 1.38 bits per heavy atom. The molecule has 0 saturated heterocycles. The summed E-state index contributed by atoms with van der Waals surface area (Å²) in [6, 6.07) is 25.1. The molecule has 2 N–H and O–H groups in total. The zero-order valence-corrected chi connectivity index (χ0v) is 18.5. The fraction of sp³-hybridized carbons (Fsp3) is 0.167. The van der Waals surface area contributed by atoms with Gasteiger partial charge in [0, 0.05) is 13.1 Å². The van der Waals surface area contributed by atoms with Gasteiger partial charge in [-0.3, -0.25) is 9.59 Å². The molecule has 0 aliphatic carbocycles. The first kappa shape index (κ1) is 23.2. The highest BCUT2D eigenvalue weighted by Crippen LogP contribution is 2.16. The third-order valence-electron chi connectivity index (χ3n) is 4.73. The molecule has 0 unspecified atom stereocenters. The highest BCUT2D eigenvalue weighted by molar-refractivity contribution is 7.88. The minimum atomic E-state index is -3.62. The molecule has 0 heterocycles. The number of anilines is 1. The van der Waals surface area contributed by atoms with Gasteiger partial charge in [0.15, 0.2) is 0 Å². The maximum absolute atomic E-state index is 12.7. The van der Waals surface area contributed by atoms with Crippen LogP contribution in [0.3, 0.4) is 0 Å². The van der Waals surface area contributed by atoms with Crippen molar-refractivity contribution < 1.29 is 18.0 Å². The predicted molar refractivity (Wildman–Crippen MR) is 124 cm³/mol. The van der Waals surface area contributed by atoms with Crippen molar-refractivity contribution >= 4 is 27.5 Å². The van der Waals surface area contributed by atoms with E-state index in [2.05, 4.69) is 10.6 Å². The molecule has 0 aliphatic heterocycles. The van der Waals surface area contributed by atoms with Crippen LogP contribution in [0.15, 0.2) is 84.9 Å². The average Bonchev–Trinajstić information content (AvgIpc) is 2.78. The summed E-state index contributed by atoms with van der Waals surface area (Å²) in [6.07, 6.45) is 1.06. The average molecular weight is 452 g/mol. The zero-order valence-electron chi connectivity index (χ0n) is 17.7. The standard InChI is InChI=1S/C24H25N3O4S/c1-32(30,31)27(17-20-12-6-3-7-13-20)18-23(28)26-22-15-9-8-14-21(22)24(29)25-16-19-10-4-2-5-11-19/h2-15H,16-18H2,1H3,(H,25,29)(H,26,28). The van der Waals surface area contributed by atoms with Gasteiger partial charge in [0.2, 0.25) is 15.9 Å². The quantitative estimate of drug-likeness (QED) is 0.523. The number of rotatable bonds is 9. The first-order chi connectivity index (χ1) is 15.3. The van der Waals surface area contributed by atoms with Crippen molar-refractivity contribution in [2.75, 3.05) is 18.1 Å². The van der Waals surface area contributed by atoms with Crippen LogP contribution < -0.4 is 10.6 Å². The lowest BCUT2D eigenvalue weighted by molar-refractivity contribution is -0.116. The van der Waals surface area contributed by atoms with Crippen molar-refractivity contribution in [1.82, 2.24) is 9.62 Å². The number of amides is 2. The van der Waals surface area contributed by atoms with Crippen molar-refractivity contribution in [3.05, 3.63) is 102 Å². The number of sulfonamides is 1. The first-order valence-electron chi connectivity index (χ1n) is 10.0. The third kappa shape index (κ3) is 6.76. The molecule has 0 aromatic heterocycles. The van der Waals surface area contributed by atoms with E-state index in [1.54, 1.807) is 48.5 Å². The second kappa shape index (κ2) is 10.7.